The second-order valence-electron chi connectivity index (χ2n) is 4.56. The molecule has 1 rings (SSSR count). The maximum Gasteiger partial charge on any atom is 0.269 e. The lowest BCUT2D eigenvalue weighted by Crippen LogP contribution is -2.35. The van der Waals surface area contributed by atoms with Crippen molar-refractivity contribution in [1.29, 1.82) is 0 Å². The summed E-state index contributed by atoms with van der Waals surface area (Å²) < 4.78 is 0. The Labute approximate surface area is 119 Å². The molecule has 6 nitrogen and oxygen atoms in total. The van der Waals surface area contributed by atoms with Crippen LogP contribution in [-0.4, -0.2) is 36.4 Å². The van der Waals surface area contributed by atoms with Crippen LogP contribution in [0.15, 0.2) is 18.3 Å². The van der Waals surface area contributed by atoms with Crippen LogP contribution in [0.3, 0.4) is 0 Å². The van der Waals surface area contributed by atoms with Crippen molar-refractivity contribution in [1.82, 2.24) is 15.6 Å². The van der Waals surface area contributed by atoms with Crippen molar-refractivity contribution in [3.8, 4) is 0 Å². The highest BCUT2D eigenvalue weighted by atomic mass is 16.2. The van der Waals surface area contributed by atoms with E-state index in [0.29, 0.717) is 12.2 Å². The number of carbonyl (C=O) groups is 2. The Balaban J connectivity index is 2.34. The van der Waals surface area contributed by atoms with Crippen molar-refractivity contribution < 1.29 is 9.59 Å². The molecular formula is C14H22N4O2. The van der Waals surface area contributed by atoms with Crippen LogP contribution in [0.2, 0.25) is 0 Å². The van der Waals surface area contributed by atoms with Crippen LogP contribution in [0.1, 0.15) is 37.2 Å². The molecule has 0 aliphatic carbocycles. The third kappa shape index (κ3) is 5.26. The molecule has 0 aliphatic heterocycles. The number of pyridine rings is 1. The largest absolute Gasteiger partial charge is 0.387 e. The van der Waals surface area contributed by atoms with Crippen LogP contribution in [0.5, 0.6) is 0 Å². The summed E-state index contributed by atoms with van der Waals surface area (Å²) in [6, 6.07) is 3.58. The molecule has 0 fully saturated rings. The maximum atomic E-state index is 11.8. The third-order valence-electron chi connectivity index (χ3n) is 2.94. The van der Waals surface area contributed by atoms with Gasteiger partial charge in [-0.15, -0.1) is 0 Å². The fraction of sp³-hybridized carbons (Fsp3) is 0.500. The number of rotatable bonds is 7. The van der Waals surface area contributed by atoms with Gasteiger partial charge in [-0.1, -0.05) is 6.92 Å². The van der Waals surface area contributed by atoms with Crippen molar-refractivity contribution in [3.05, 3.63) is 24.0 Å². The number of carbonyl (C=O) groups excluding carboxylic acids is 2. The monoisotopic (exact) mass is 278 g/mol. The average Bonchev–Trinajstić information content (AvgIpc) is 2.47. The minimum absolute atomic E-state index is 0.0573. The van der Waals surface area contributed by atoms with Gasteiger partial charge in [0.2, 0.25) is 5.91 Å². The highest BCUT2D eigenvalue weighted by molar-refractivity contribution is 5.92. The van der Waals surface area contributed by atoms with Gasteiger partial charge in [0, 0.05) is 26.1 Å². The van der Waals surface area contributed by atoms with Gasteiger partial charge in [0.05, 0.1) is 11.9 Å². The summed E-state index contributed by atoms with van der Waals surface area (Å²) in [7, 11) is 1.78. The molecule has 1 atom stereocenters. The molecule has 1 aromatic heterocycles. The maximum absolute atomic E-state index is 11.8. The smallest absolute Gasteiger partial charge is 0.269 e. The van der Waals surface area contributed by atoms with Crippen LogP contribution >= 0.6 is 0 Å². The minimum Gasteiger partial charge on any atom is -0.387 e. The van der Waals surface area contributed by atoms with E-state index in [-0.39, 0.29) is 24.3 Å². The van der Waals surface area contributed by atoms with E-state index in [9.17, 15) is 9.59 Å². The molecule has 0 spiro atoms. The first-order chi connectivity index (χ1) is 9.56. The van der Waals surface area contributed by atoms with Crippen LogP contribution in [0.25, 0.3) is 0 Å². The molecule has 0 aromatic carbocycles. The molecule has 0 saturated carbocycles. The SMILES string of the molecule is CCC(C)NC(=O)CCNC(=O)c1ccc(NC)cn1. The van der Waals surface area contributed by atoms with Gasteiger partial charge in [0.1, 0.15) is 5.69 Å². The van der Waals surface area contributed by atoms with Gasteiger partial charge >= 0.3 is 0 Å². The molecule has 3 N–H and O–H groups in total. The van der Waals surface area contributed by atoms with E-state index in [2.05, 4.69) is 20.9 Å². The zero-order chi connectivity index (χ0) is 15.0. The molecule has 110 valence electrons. The Morgan fingerprint density at radius 2 is 2.10 bits per heavy atom. The summed E-state index contributed by atoms with van der Waals surface area (Å²) in [5.74, 6) is -0.331. The Bertz CT molecular complexity index is 445. The molecule has 1 unspecified atom stereocenters. The normalized spacial score (nSPS) is 11.6. The zero-order valence-corrected chi connectivity index (χ0v) is 12.2. The highest BCUT2D eigenvalue weighted by Gasteiger charge is 2.09. The summed E-state index contributed by atoms with van der Waals surface area (Å²) in [5, 5.41) is 8.45. The number of amides is 2. The summed E-state index contributed by atoms with van der Waals surface area (Å²) >= 11 is 0. The fourth-order valence-corrected chi connectivity index (χ4v) is 1.51. The van der Waals surface area contributed by atoms with E-state index in [0.717, 1.165) is 12.1 Å². The van der Waals surface area contributed by atoms with Crippen LogP contribution in [-0.2, 0) is 4.79 Å². The summed E-state index contributed by atoms with van der Waals surface area (Å²) in [4.78, 5) is 27.3. The first kappa shape index (κ1) is 15.9. The van der Waals surface area contributed by atoms with Gasteiger partial charge in [-0.3, -0.25) is 9.59 Å². The predicted octanol–water partition coefficient (Wildman–Crippen LogP) is 1.16. The second-order valence-corrected chi connectivity index (χ2v) is 4.56. The van der Waals surface area contributed by atoms with Crippen molar-refractivity contribution in [2.45, 2.75) is 32.7 Å². The van der Waals surface area contributed by atoms with E-state index in [1.807, 2.05) is 13.8 Å². The Morgan fingerprint density at radius 3 is 2.65 bits per heavy atom. The number of hydrogen-bond donors (Lipinski definition) is 3. The van der Waals surface area contributed by atoms with E-state index in [1.165, 1.54) is 0 Å². The Hall–Kier alpha value is -2.11. The van der Waals surface area contributed by atoms with Crippen LogP contribution < -0.4 is 16.0 Å². The summed E-state index contributed by atoms with van der Waals surface area (Å²) in [5.41, 5.74) is 1.18. The lowest BCUT2D eigenvalue weighted by Gasteiger charge is -2.11. The van der Waals surface area contributed by atoms with Crippen molar-refractivity contribution >= 4 is 17.5 Å². The topological polar surface area (TPSA) is 83.1 Å². The number of hydrogen-bond acceptors (Lipinski definition) is 4. The summed E-state index contributed by atoms with van der Waals surface area (Å²) in [6.45, 7) is 4.26. The average molecular weight is 278 g/mol. The lowest BCUT2D eigenvalue weighted by molar-refractivity contribution is -0.121. The molecule has 1 aromatic rings. The fourth-order valence-electron chi connectivity index (χ4n) is 1.51. The van der Waals surface area contributed by atoms with Crippen LogP contribution in [0.4, 0.5) is 5.69 Å². The summed E-state index contributed by atoms with van der Waals surface area (Å²) in [6.07, 6.45) is 2.75. The van der Waals surface area contributed by atoms with Crippen LogP contribution in [0, 0.1) is 0 Å². The number of anilines is 1. The Morgan fingerprint density at radius 1 is 1.35 bits per heavy atom. The van der Waals surface area contributed by atoms with Gasteiger partial charge in [0.25, 0.3) is 5.91 Å². The van der Waals surface area contributed by atoms with Gasteiger partial charge in [-0.2, -0.15) is 0 Å². The molecule has 0 aliphatic rings. The molecule has 0 radical (unpaired) electrons. The molecule has 6 heteroatoms. The number of nitrogens with one attached hydrogen (secondary N) is 3. The molecule has 0 saturated heterocycles. The zero-order valence-electron chi connectivity index (χ0n) is 12.2. The highest BCUT2D eigenvalue weighted by Crippen LogP contribution is 2.04. The van der Waals surface area contributed by atoms with E-state index < -0.39 is 0 Å². The van der Waals surface area contributed by atoms with E-state index >= 15 is 0 Å². The minimum atomic E-state index is -0.274. The predicted molar refractivity (Wildman–Crippen MR) is 78.6 cm³/mol. The van der Waals surface area contributed by atoms with Crippen molar-refractivity contribution in [2.75, 3.05) is 18.9 Å². The quantitative estimate of drug-likeness (QED) is 0.699. The van der Waals surface area contributed by atoms with Crippen molar-refractivity contribution in [3.63, 3.8) is 0 Å². The Kier molecular flexibility index (Phi) is 6.49. The van der Waals surface area contributed by atoms with E-state index in [4.69, 9.17) is 0 Å². The van der Waals surface area contributed by atoms with Crippen molar-refractivity contribution in [2.24, 2.45) is 0 Å². The standard InChI is InChI=1S/C14H22N4O2/c1-4-10(2)18-13(19)7-8-16-14(20)12-6-5-11(15-3)9-17-12/h5-6,9-10,15H,4,7-8H2,1-3H3,(H,16,20)(H,18,19). The number of aromatic nitrogens is 1. The molecule has 0 bridgehead atoms. The first-order valence-corrected chi connectivity index (χ1v) is 6.78. The number of nitrogens with zero attached hydrogens (tertiary/aromatic N) is 1. The van der Waals surface area contributed by atoms with Gasteiger partial charge in [0.15, 0.2) is 0 Å². The third-order valence-corrected chi connectivity index (χ3v) is 2.94. The lowest BCUT2D eigenvalue weighted by atomic mass is 10.2. The molecule has 1 heterocycles. The van der Waals surface area contributed by atoms with Gasteiger partial charge < -0.3 is 16.0 Å². The second kappa shape index (κ2) is 8.14. The van der Waals surface area contributed by atoms with E-state index in [1.54, 1.807) is 25.4 Å². The molecular weight excluding hydrogens is 256 g/mol. The van der Waals surface area contributed by atoms with Gasteiger partial charge in [-0.05, 0) is 25.5 Å². The molecule has 20 heavy (non-hydrogen) atoms. The molecule has 2 amide bonds. The van der Waals surface area contributed by atoms with Gasteiger partial charge in [-0.25, -0.2) is 4.98 Å². The first-order valence-electron chi connectivity index (χ1n) is 6.78.